The molecule has 4 rings (SSSR count). The Labute approximate surface area is 157 Å². The maximum Gasteiger partial charge on any atom is 0.266 e. The zero-order valence-corrected chi connectivity index (χ0v) is 15.9. The van der Waals surface area contributed by atoms with Crippen LogP contribution in [0.2, 0.25) is 0 Å². The topological polar surface area (TPSA) is 26.8 Å². The molecule has 1 fully saturated rings. The third-order valence-corrected chi connectivity index (χ3v) is 6.13. The smallest absolute Gasteiger partial charge is 0.266 e. The van der Waals surface area contributed by atoms with Crippen molar-refractivity contribution in [3.63, 3.8) is 0 Å². The number of rotatable bonds is 2. The molecule has 0 saturated carbocycles. The first kappa shape index (κ1) is 16.4. The molecule has 3 heterocycles. The van der Waals surface area contributed by atoms with E-state index in [0.717, 1.165) is 13.0 Å². The van der Waals surface area contributed by atoms with Gasteiger partial charge in [-0.25, -0.2) is 0 Å². The van der Waals surface area contributed by atoms with Crippen LogP contribution in [0.25, 0.3) is 0 Å². The maximum absolute atomic E-state index is 12.3. The van der Waals surface area contributed by atoms with Gasteiger partial charge in [-0.3, -0.25) is 9.69 Å². The van der Waals surface area contributed by atoms with E-state index in [1.165, 1.54) is 34.5 Å². The van der Waals surface area contributed by atoms with Crippen molar-refractivity contribution in [3.8, 4) is 0 Å². The van der Waals surface area contributed by atoms with Crippen molar-refractivity contribution in [1.82, 2.24) is 4.90 Å². The highest BCUT2D eigenvalue weighted by molar-refractivity contribution is 8.26. The highest BCUT2D eigenvalue weighted by Gasteiger charge is 2.32. The lowest BCUT2D eigenvalue weighted by molar-refractivity contribution is -0.122. The van der Waals surface area contributed by atoms with E-state index < -0.39 is 0 Å². The molecule has 128 valence electrons. The van der Waals surface area contributed by atoms with Gasteiger partial charge in [0.05, 0.1) is 16.3 Å². The van der Waals surface area contributed by atoms with E-state index in [1.54, 1.807) is 4.90 Å². The van der Waals surface area contributed by atoms with E-state index >= 15 is 0 Å². The molecular weight excluding hydrogens is 350 g/mol. The van der Waals surface area contributed by atoms with Crippen LogP contribution in [0.4, 0.5) is 11.4 Å². The second-order valence-electron chi connectivity index (χ2n) is 6.14. The number of hydrogen-bond acceptors (Lipinski definition) is 5. The van der Waals surface area contributed by atoms with Crippen LogP contribution in [0.5, 0.6) is 0 Å². The summed E-state index contributed by atoms with van der Waals surface area (Å²) in [4.78, 5) is 19.2. The Morgan fingerprint density at radius 1 is 1.24 bits per heavy atom. The molecule has 4 nitrogen and oxygen atoms in total. The highest BCUT2D eigenvalue weighted by atomic mass is 32.2. The number of fused-ring (bicyclic) bond motifs is 3. The van der Waals surface area contributed by atoms with Crippen LogP contribution < -0.4 is 9.80 Å². The lowest BCUT2D eigenvalue weighted by atomic mass is 10.1. The van der Waals surface area contributed by atoms with Crippen LogP contribution in [-0.4, -0.2) is 35.3 Å². The molecule has 0 bridgehead atoms. The first-order valence-corrected chi connectivity index (χ1v) is 9.59. The number of anilines is 2. The molecule has 1 aromatic rings. The number of carbonyl (C=O) groups is 1. The van der Waals surface area contributed by atoms with Gasteiger partial charge in [0.15, 0.2) is 0 Å². The van der Waals surface area contributed by atoms with Gasteiger partial charge in [0.1, 0.15) is 10.1 Å². The highest BCUT2D eigenvalue weighted by Crippen LogP contribution is 2.42. The van der Waals surface area contributed by atoms with Crippen LogP contribution in [-0.2, 0) is 4.79 Å². The summed E-state index contributed by atoms with van der Waals surface area (Å²) in [6, 6.07) is 8.46. The first-order chi connectivity index (χ1) is 12.1. The fourth-order valence-electron chi connectivity index (χ4n) is 3.39. The second-order valence-corrected chi connectivity index (χ2v) is 7.82. The number of amides is 1. The van der Waals surface area contributed by atoms with Crippen LogP contribution in [0.3, 0.4) is 0 Å². The quantitative estimate of drug-likeness (QED) is 0.582. The summed E-state index contributed by atoms with van der Waals surface area (Å²) in [5.74, 6) is 1.21. The Balaban J connectivity index is 1.61. The van der Waals surface area contributed by atoms with Crippen molar-refractivity contribution in [3.05, 3.63) is 58.8 Å². The summed E-state index contributed by atoms with van der Waals surface area (Å²) in [6.07, 6.45) is 7.14. The standard InChI is InChI=1S/C19H19N3OS2/c1-3-21-18(23)16(25-19(21)24)9-8-13-10-11-22-15-7-5-4-6-14(15)20(2)17(22)12-13/h4-9,12H,3,10-11H2,1-2H3. The Morgan fingerprint density at radius 2 is 2.00 bits per heavy atom. The molecule has 1 saturated heterocycles. The number of benzene rings is 1. The minimum atomic E-state index is 0.0184. The van der Waals surface area contributed by atoms with Gasteiger partial charge in [0.2, 0.25) is 0 Å². The van der Waals surface area contributed by atoms with Gasteiger partial charge in [0, 0.05) is 20.1 Å². The molecule has 0 unspecified atom stereocenters. The Bertz CT molecular complexity index is 856. The number of carbonyl (C=O) groups excluding carboxylic acids is 1. The normalized spacial score (nSPS) is 22.8. The number of allylic oxidation sites excluding steroid dienone is 3. The van der Waals surface area contributed by atoms with E-state index in [2.05, 4.69) is 53.3 Å². The molecule has 3 aliphatic heterocycles. The van der Waals surface area contributed by atoms with Gasteiger partial charge < -0.3 is 9.80 Å². The molecular formula is C19H19N3OS2. The summed E-state index contributed by atoms with van der Waals surface area (Å²) < 4.78 is 0.649. The van der Waals surface area contributed by atoms with Crippen LogP contribution in [0.15, 0.2) is 58.8 Å². The molecule has 6 heteroatoms. The van der Waals surface area contributed by atoms with Crippen molar-refractivity contribution in [2.45, 2.75) is 13.3 Å². The van der Waals surface area contributed by atoms with Crippen molar-refractivity contribution in [1.29, 1.82) is 0 Å². The summed E-state index contributed by atoms with van der Waals surface area (Å²) in [6.45, 7) is 3.52. The fraction of sp³-hybridized carbons (Fsp3) is 0.263. The molecule has 0 aliphatic carbocycles. The zero-order valence-electron chi connectivity index (χ0n) is 14.2. The number of thioether (sulfide) groups is 1. The number of nitrogens with zero attached hydrogens (tertiary/aromatic N) is 3. The predicted octanol–water partition coefficient (Wildman–Crippen LogP) is 3.88. The first-order valence-electron chi connectivity index (χ1n) is 8.36. The van der Waals surface area contributed by atoms with E-state index in [9.17, 15) is 4.79 Å². The Hall–Kier alpha value is -2.05. The number of hydrogen-bond donors (Lipinski definition) is 0. The van der Waals surface area contributed by atoms with Gasteiger partial charge in [-0.2, -0.15) is 0 Å². The zero-order chi connectivity index (χ0) is 17.6. The Kier molecular flexibility index (Phi) is 4.17. The van der Waals surface area contributed by atoms with E-state index in [-0.39, 0.29) is 5.91 Å². The minimum absolute atomic E-state index is 0.0184. The average Bonchev–Trinajstić information content (AvgIpc) is 3.07. The van der Waals surface area contributed by atoms with Crippen LogP contribution in [0.1, 0.15) is 13.3 Å². The molecule has 1 amide bonds. The van der Waals surface area contributed by atoms with E-state index in [1.807, 2.05) is 13.0 Å². The fourth-order valence-corrected chi connectivity index (χ4v) is 4.72. The molecule has 0 atom stereocenters. The van der Waals surface area contributed by atoms with Crippen LogP contribution >= 0.6 is 24.0 Å². The molecule has 1 aromatic carbocycles. The monoisotopic (exact) mass is 369 g/mol. The predicted molar refractivity (Wildman–Crippen MR) is 109 cm³/mol. The largest absolute Gasteiger partial charge is 0.329 e. The third-order valence-electron chi connectivity index (χ3n) is 4.73. The molecule has 0 N–H and O–H groups in total. The summed E-state index contributed by atoms with van der Waals surface area (Å²) in [7, 11) is 2.10. The summed E-state index contributed by atoms with van der Waals surface area (Å²) in [5, 5.41) is 0. The van der Waals surface area contributed by atoms with Gasteiger partial charge >= 0.3 is 0 Å². The van der Waals surface area contributed by atoms with Gasteiger partial charge in [-0.15, -0.1) is 0 Å². The number of likely N-dealkylation sites (N-methyl/N-ethyl adjacent to an activating group) is 1. The molecule has 0 spiro atoms. The number of thiocarbonyl (C=S) groups is 1. The number of para-hydroxylation sites is 2. The Morgan fingerprint density at radius 3 is 2.72 bits per heavy atom. The summed E-state index contributed by atoms with van der Waals surface area (Å²) >= 11 is 6.65. The lowest BCUT2D eigenvalue weighted by Crippen LogP contribution is -2.29. The summed E-state index contributed by atoms with van der Waals surface area (Å²) in [5.41, 5.74) is 3.73. The molecule has 3 aliphatic rings. The minimum Gasteiger partial charge on any atom is -0.329 e. The maximum atomic E-state index is 12.3. The average molecular weight is 370 g/mol. The van der Waals surface area contributed by atoms with Gasteiger partial charge in [-0.1, -0.05) is 42.2 Å². The van der Waals surface area contributed by atoms with Crippen molar-refractivity contribution >= 4 is 45.6 Å². The van der Waals surface area contributed by atoms with Crippen LogP contribution in [0, 0.1) is 0 Å². The second kappa shape index (κ2) is 6.35. The van der Waals surface area contributed by atoms with Crippen molar-refractivity contribution in [2.24, 2.45) is 0 Å². The van der Waals surface area contributed by atoms with Gasteiger partial charge in [0.25, 0.3) is 5.91 Å². The molecule has 0 aromatic heterocycles. The molecule has 25 heavy (non-hydrogen) atoms. The van der Waals surface area contributed by atoms with E-state index in [4.69, 9.17) is 12.2 Å². The molecule has 0 radical (unpaired) electrons. The van der Waals surface area contributed by atoms with E-state index in [0.29, 0.717) is 15.8 Å². The van der Waals surface area contributed by atoms with Gasteiger partial charge in [-0.05, 0) is 43.2 Å². The third kappa shape index (κ3) is 2.69. The van der Waals surface area contributed by atoms with Crippen molar-refractivity contribution < 1.29 is 4.79 Å². The SMILES string of the molecule is CCN1C(=O)C(=CC=C2C=C3N(C)c4ccccc4N3CC2)SC1=S. The van der Waals surface area contributed by atoms with Crippen molar-refractivity contribution in [2.75, 3.05) is 29.9 Å². The lowest BCUT2D eigenvalue weighted by Gasteiger charge is -2.27.